The van der Waals surface area contributed by atoms with Gasteiger partial charge in [-0.3, -0.25) is 0 Å². The number of rotatable bonds is 2. The molecular weight excluding hydrogens is 308 g/mol. The lowest BCUT2D eigenvalue weighted by atomic mass is 10.2. The van der Waals surface area contributed by atoms with Crippen LogP contribution in [0.2, 0.25) is 0 Å². The Bertz CT molecular complexity index is 780. The molecule has 2 aromatic heterocycles. The van der Waals surface area contributed by atoms with Crippen LogP contribution in [0.4, 0.5) is 0 Å². The van der Waals surface area contributed by atoms with Crippen molar-refractivity contribution in [3.63, 3.8) is 0 Å². The normalized spacial score (nSPS) is 10.8. The molecule has 0 saturated heterocycles. The van der Waals surface area contributed by atoms with Crippen LogP contribution in [0.15, 0.2) is 53.3 Å². The Balaban J connectivity index is 2.26. The maximum absolute atomic E-state index is 11.2. The minimum atomic E-state index is -0.977. The Morgan fingerprint density at radius 1 is 1.21 bits per heavy atom. The van der Waals surface area contributed by atoms with Crippen molar-refractivity contribution in [2.45, 2.75) is 0 Å². The summed E-state index contributed by atoms with van der Waals surface area (Å²) in [7, 11) is 0. The highest BCUT2D eigenvalue weighted by molar-refractivity contribution is 9.10. The molecule has 0 aliphatic rings. The van der Waals surface area contributed by atoms with E-state index in [4.69, 9.17) is 5.11 Å². The van der Waals surface area contributed by atoms with Crippen LogP contribution in [0.3, 0.4) is 0 Å². The van der Waals surface area contributed by atoms with Gasteiger partial charge in [0.1, 0.15) is 5.56 Å². The molecule has 2 heterocycles. The van der Waals surface area contributed by atoms with Crippen LogP contribution < -0.4 is 0 Å². The van der Waals surface area contributed by atoms with Gasteiger partial charge in [-0.1, -0.05) is 34.1 Å². The van der Waals surface area contributed by atoms with Crippen molar-refractivity contribution in [2.75, 3.05) is 0 Å². The lowest BCUT2D eigenvalue weighted by Crippen LogP contribution is -1.99. The van der Waals surface area contributed by atoms with Crippen LogP contribution in [0.25, 0.3) is 16.9 Å². The molecule has 94 valence electrons. The molecule has 3 rings (SSSR count). The molecule has 0 aliphatic carbocycles. The van der Waals surface area contributed by atoms with Gasteiger partial charge in [0, 0.05) is 22.4 Å². The number of pyridine rings is 1. The number of benzene rings is 1. The topological polar surface area (TPSA) is 54.6 Å². The first-order chi connectivity index (χ1) is 9.16. The smallest absolute Gasteiger partial charge is 0.339 e. The van der Waals surface area contributed by atoms with Gasteiger partial charge in [0.2, 0.25) is 0 Å². The number of aromatic nitrogens is 2. The fraction of sp³-hybridized carbons (Fsp3) is 0. The first-order valence-corrected chi connectivity index (χ1v) is 6.42. The molecule has 0 spiro atoms. The molecule has 0 aliphatic heterocycles. The van der Waals surface area contributed by atoms with Crippen molar-refractivity contribution in [1.29, 1.82) is 0 Å². The summed E-state index contributed by atoms with van der Waals surface area (Å²) in [5.74, 6) is -0.977. The van der Waals surface area contributed by atoms with E-state index < -0.39 is 5.97 Å². The molecule has 0 radical (unpaired) electrons. The Morgan fingerprint density at radius 3 is 2.74 bits per heavy atom. The number of hydrogen-bond acceptors (Lipinski definition) is 2. The average Bonchev–Trinajstić information content (AvgIpc) is 2.82. The number of aromatic carboxylic acids is 1. The van der Waals surface area contributed by atoms with Gasteiger partial charge in [0.15, 0.2) is 5.65 Å². The van der Waals surface area contributed by atoms with Crippen LogP contribution in [0.5, 0.6) is 0 Å². The molecule has 5 heteroatoms. The number of imidazole rings is 1. The van der Waals surface area contributed by atoms with E-state index in [1.54, 1.807) is 22.7 Å². The summed E-state index contributed by atoms with van der Waals surface area (Å²) in [6.07, 6.45) is 3.61. The summed E-state index contributed by atoms with van der Waals surface area (Å²) in [4.78, 5) is 15.6. The maximum atomic E-state index is 11.2. The molecule has 0 fully saturated rings. The lowest BCUT2D eigenvalue weighted by Gasteiger charge is -1.98. The Hall–Kier alpha value is -2.14. The van der Waals surface area contributed by atoms with Gasteiger partial charge in [0.25, 0.3) is 0 Å². The zero-order valence-corrected chi connectivity index (χ0v) is 11.3. The Morgan fingerprint density at radius 2 is 2.00 bits per heavy atom. The van der Waals surface area contributed by atoms with Gasteiger partial charge >= 0.3 is 5.97 Å². The van der Waals surface area contributed by atoms with Crippen molar-refractivity contribution in [3.8, 4) is 11.3 Å². The third-order valence-electron chi connectivity index (χ3n) is 2.86. The monoisotopic (exact) mass is 316 g/mol. The van der Waals surface area contributed by atoms with Crippen LogP contribution in [0, 0.1) is 0 Å². The predicted octanol–water partition coefficient (Wildman–Crippen LogP) is 3.46. The number of carboxylic acid groups (broad SMARTS) is 1. The average molecular weight is 317 g/mol. The van der Waals surface area contributed by atoms with E-state index in [2.05, 4.69) is 20.9 Å². The van der Waals surface area contributed by atoms with E-state index in [-0.39, 0.29) is 5.56 Å². The van der Waals surface area contributed by atoms with Crippen LogP contribution in [0.1, 0.15) is 10.4 Å². The highest BCUT2D eigenvalue weighted by Crippen LogP contribution is 2.27. The third-order valence-corrected chi connectivity index (χ3v) is 3.55. The molecule has 0 saturated carbocycles. The number of fused-ring (bicyclic) bond motifs is 1. The molecule has 1 aromatic carbocycles. The minimum absolute atomic E-state index is 0.195. The summed E-state index contributed by atoms with van der Waals surface area (Å²) in [6, 6.07) is 11.0. The van der Waals surface area contributed by atoms with E-state index in [1.807, 2.05) is 30.5 Å². The van der Waals surface area contributed by atoms with Crippen molar-refractivity contribution in [1.82, 2.24) is 9.38 Å². The molecule has 1 N–H and O–H groups in total. The molecule has 0 amide bonds. The molecular formula is C14H9BrN2O2. The molecule has 0 bridgehead atoms. The van der Waals surface area contributed by atoms with E-state index >= 15 is 0 Å². The predicted molar refractivity (Wildman–Crippen MR) is 75.3 cm³/mol. The van der Waals surface area contributed by atoms with Crippen LogP contribution >= 0.6 is 15.9 Å². The lowest BCUT2D eigenvalue weighted by molar-refractivity contribution is 0.0698. The molecule has 3 aromatic rings. The zero-order valence-electron chi connectivity index (χ0n) is 9.75. The number of hydrogen-bond donors (Lipinski definition) is 1. The fourth-order valence-corrected chi connectivity index (χ4v) is 2.47. The maximum Gasteiger partial charge on any atom is 0.339 e. The van der Waals surface area contributed by atoms with Crippen molar-refractivity contribution >= 4 is 27.5 Å². The fourth-order valence-electron chi connectivity index (χ4n) is 1.98. The second kappa shape index (κ2) is 4.51. The molecule has 0 unspecified atom stereocenters. The highest BCUT2D eigenvalue weighted by atomic mass is 79.9. The first kappa shape index (κ1) is 11.9. The number of carboxylic acids is 1. The SMILES string of the molecule is O=C(O)c1cccn2cc(-c3ccccc3Br)nc12. The minimum Gasteiger partial charge on any atom is -0.478 e. The largest absolute Gasteiger partial charge is 0.478 e. The Kier molecular flexibility index (Phi) is 2.83. The van der Waals surface area contributed by atoms with Gasteiger partial charge in [-0.05, 0) is 18.2 Å². The summed E-state index contributed by atoms with van der Waals surface area (Å²) >= 11 is 3.47. The zero-order chi connectivity index (χ0) is 13.4. The van der Waals surface area contributed by atoms with E-state index in [9.17, 15) is 4.79 Å². The van der Waals surface area contributed by atoms with E-state index in [0.29, 0.717) is 5.65 Å². The van der Waals surface area contributed by atoms with Crippen LogP contribution in [-0.4, -0.2) is 20.5 Å². The molecule has 19 heavy (non-hydrogen) atoms. The van der Waals surface area contributed by atoms with E-state index in [0.717, 1.165) is 15.7 Å². The second-order valence-corrected chi connectivity index (χ2v) is 4.92. The van der Waals surface area contributed by atoms with Gasteiger partial charge in [0.05, 0.1) is 5.69 Å². The quantitative estimate of drug-likeness (QED) is 0.787. The summed E-state index contributed by atoms with van der Waals surface area (Å²) < 4.78 is 2.65. The van der Waals surface area contributed by atoms with Crippen molar-refractivity contribution in [2.24, 2.45) is 0 Å². The van der Waals surface area contributed by atoms with Crippen molar-refractivity contribution < 1.29 is 9.90 Å². The molecule has 4 nitrogen and oxygen atoms in total. The number of nitrogens with zero attached hydrogens (tertiary/aromatic N) is 2. The second-order valence-electron chi connectivity index (χ2n) is 4.06. The number of halogens is 1. The van der Waals surface area contributed by atoms with Gasteiger partial charge in [-0.2, -0.15) is 0 Å². The summed E-state index contributed by atoms with van der Waals surface area (Å²) in [6.45, 7) is 0. The highest BCUT2D eigenvalue weighted by Gasteiger charge is 2.13. The van der Waals surface area contributed by atoms with Gasteiger partial charge < -0.3 is 9.51 Å². The summed E-state index contributed by atoms with van der Waals surface area (Å²) in [5.41, 5.74) is 2.31. The third kappa shape index (κ3) is 2.02. The number of carbonyl (C=O) groups is 1. The van der Waals surface area contributed by atoms with E-state index in [1.165, 1.54) is 0 Å². The molecule has 0 atom stereocenters. The van der Waals surface area contributed by atoms with Crippen LogP contribution in [-0.2, 0) is 0 Å². The first-order valence-electron chi connectivity index (χ1n) is 5.63. The standard InChI is InChI=1S/C14H9BrN2O2/c15-11-6-2-1-4-9(11)12-8-17-7-3-5-10(14(18)19)13(17)16-12/h1-8H,(H,18,19). The van der Waals surface area contributed by atoms with Gasteiger partial charge in [-0.25, -0.2) is 9.78 Å². The summed E-state index contributed by atoms with van der Waals surface area (Å²) in [5, 5.41) is 9.15. The van der Waals surface area contributed by atoms with Gasteiger partial charge in [-0.15, -0.1) is 0 Å². The van der Waals surface area contributed by atoms with Crippen molar-refractivity contribution in [3.05, 3.63) is 58.8 Å². The Labute approximate surface area is 117 Å².